The molecule has 0 aromatic heterocycles. The van der Waals surface area contributed by atoms with Gasteiger partial charge in [-0.25, -0.2) is 4.79 Å². The summed E-state index contributed by atoms with van der Waals surface area (Å²) in [6.45, 7) is 1.42. The molecule has 1 heterocycles. The molecule has 0 saturated carbocycles. The van der Waals surface area contributed by atoms with Gasteiger partial charge in [0.25, 0.3) is 0 Å². The Kier molecular flexibility index (Phi) is 2.52. The molecule has 0 aromatic rings. The summed E-state index contributed by atoms with van der Waals surface area (Å²) in [5.74, 6) is -0.00940. The third-order valence-corrected chi connectivity index (χ3v) is 1.96. The third-order valence-electron chi connectivity index (χ3n) is 1.96. The van der Waals surface area contributed by atoms with Crippen molar-refractivity contribution in [1.29, 1.82) is 0 Å². The van der Waals surface area contributed by atoms with Crippen molar-refractivity contribution >= 4 is 11.9 Å². The van der Waals surface area contributed by atoms with Crippen LogP contribution >= 0.6 is 0 Å². The first-order valence-electron chi connectivity index (χ1n) is 3.85. The van der Waals surface area contributed by atoms with E-state index in [4.69, 9.17) is 0 Å². The Morgan fingerprint density at radius 1 is 1.50 bits per heavy atom. The standard InChI is InChI=1S/C7H13N3O2/c1-8-7(12)10-4-3-9(2)6(11)5-10/h3-5H2,1-2H3,(H,8,12). The lowest BCUT2D eigenvalue weighted by atomic mass is 10.3. The maximum absolute atomic E-state index is 11.1. The lowest BCUT2D eigenvalue weighted by molar-refractivity contribution is -0.133. The molecule has 0 aromatic carbocycles. The van der Waals surface area contributed by atoms with E-state index in [1.165, 1.54) is 4.90 Å². The maximum atomic E-state index is 11.1. The third kappa shape index (κ3) is 1.66. The van der Waals surface area contributed by atoms with Gasteiger partial charge in [-0.1, -0.05) is 0 Å². The average molecular weight is 171 g/mol. The van der Waals surface area contributed by atoms with Gasteiger partial charge in [-0.3, -0.25) is 4.79 Å². The van der Waals surface area contributed by atoms with Crippen molar-refractivity contribution < 1.29 is 9.59 Å². The molecule has 1 aliphatic heterocycles. The molecule has 1 N–H and O–H groups in total. The van der Waals surface area contributed by atoms with E-state index in [1.807, 2.05) is 0 Å². The lowest BCUT2D eigenvalue weighted by Gasteiger charge is -2.31. The molecule has 12 heavy (non-hydrogen) atoms. The second-order valence-corrected chi connectivity index (χ2v) is 2.79. The zero-order valence-corrected chi connectivity index (χ0v) is 7.33. The smallest absolute Gasteiger partial charge is 0.317 e. The van der Waals surface area contributed by atoms with Crippen LogP contribution in [0.2, 0.25) is 0 Å². The Morgan fingerprint density at radius 3 is 2.67 bits per heavy atom. The number of nitrogens with one attached hydrogen (secondary N) is 1. The predicted molar refractivity (Wildman–Crippen MR) is 43.7 cm³/mol. The van der Waals surface area contributed by atoms with Gasteiger partial charge in [-0.05, 0) is 0 Å². The van der Waals surface area contributed by atoms with Crippen molar-refractivity contribution in [3.8, 4) is 0 Å². The van der Waals surface area contributed by atoms with Crippen LogP contribution in [0.15, 0.2) is 0 Å². The van der Waals surface area contributed by atoms with Gasteiger partial charge in [0.15, 0.2) is 0 Å². The number of carbonyl (C=O) groups excluding carboxylic acids is 2. The molecule has 1 saturated heterocycles. The molecule has 1 rings (SSSR count). The molecule has 0 aliphatic carbocycles. The Morgan fingerprint density at radius 2 is 2.17 bits per heavy atom. The first-order chi connectivity index (χ1) is 5.65. The highest BCUT2D eigenvalue weighted by atomic mass is 16.2. The first kappa shape index (κ1) is 8.83. The van der Waals surface area contributed by atoms with E-state index in [0.29, 0.717) is 13.1 Å². The molecule has 0 unspecified atom stereocenters. The Bertz CT molecular complexity index is 203. The topological polar surface area (TPSA) is 52.7 Å². The molecule has 0 radical (unpaired) electrons. The molecule has 1 aliphatic rings. The second-order valence-electron chi connectivity index (χ2n) is 2.79. The van der Waals surface area contributed by atoms with Gasteiger partial charge < -0.3 is 15.1 Å². The van der Waals surface area contributed by atoms with Crippen molar-refractivity contribution in [2.75, 3.05) is 33.7 Å². The van der Waals surface area contributed by atoms with Gasteiger partial charge in [-0.2, -0.15) is 0 Å². The fourth-order valence-electron chi connectivity index (χ4n) is 1.09. The van der Waals surface area contributed by atoms with Gasteiger partial charge in [0.1, 0.15) is 6.54 Å². The number of carbonyl (C=O) groups is 2. The molecule has 5 heteroatoms. The summed E-state index contributed by atoms with van der Waals surface area (Å²) in [6.07, 6.45) is 0. The Hall–Kier alpha value is -1.26. The molecule has 0 atom stereocenters. The number of amides is 3. The van der Waals surface area contributed by atoms with Crippen LogP contribution in [-0.2, 0) is 4.79 Å². The number of nitrogens with zero attached hydrogens (tertiary/aromatic N) is 2. The van der Waals surface area contributed by atoms with E-state index < -0.39 is 0 Å². The maximum Gasteiger partial charge on any atom is 0.317 e. The quantitative estimate of drug-likeness (QED) is 0.513. The zero-order valence-electron chi connectivity index (χ0n) is 7.33. The fraction of sp³-hybridized carbons (Fsp3) is 0.714. The molecule has 0 spiro atoms. The summed E-state index contributed by atoms with van der Waals surface area (Å²) in [6, 6.07) is -0.184. The number of piperazine rings is 1. The summed E-state index contributed by atoms with van der Waals surface area (Å²) < 4.78 is 0. The van der Waals surface area contributed by atoms with E-state index in [1.54, 1.807) is 19.0 Å². The number of hydrogen-bond acceptors (Lipinski definition) is 2. The fourth-order valence-corrected chi connectivity index (χ4v) is 1.09. The number of hydrogen-bond donors (Lipinski definition) is 1. The number of rotatable bonds is 0. The normalized spacial score (nSPS) is 18.0. The second kappa shape index (κ2) is 3.42. The largest absolute Gasteiger partial charge is 0.342 e. The van der Waals surface area contributed by atoms with Crippen molar-refractivity contribution in [1.82, 2.24) is 15.1 Å². The molecule has 3 amide bonds. The van der Waals surface area contributed by atoms with Crippen molar-refractivity contribution in [3.05, 3.63) is 0 Å². The highest BCUT2D eigenvalue weighted by Gasteiger charge is 2.23. The first-order valence-corrected chi connectivity index (χ1v) is 3.85. The molecular formula is C7H13N3O2. The molecule has 0 bridgehead atoms. The van der Waals surface area contributed by atoms with Crippen molar-refractivity contribution in [2.45, 2.75) is 0 Å². The van der Waals surface area contributed by atoms with E-state index in [-0.39, 0.29) is 18.5 Å². The summed E-state index contributed by atoms with van der Waals surface area (Å²) in [7, 11) is 3.30. The molecule has 1 fully saturated rings. The number of likely N-dealkylation sites (N-methyl/N-ethyl adjacent to an activating group) is 1. The van der Waals surface area contributed by atoms with Crippen molar-refractivity contribution in [2.24, 2.45) is 0 Å². The van der Waals surface area contributed by atoms with Crippen molar-refractivity contribution in [3.63, 3.8) is 0 Å². The highest BCUT2D eigenvalue weighted by molar-refractivity contribution is 5.84. The van der Waals surface area contributed by atoms with Gasteiger partial charge in [0, 0.05) is 27.2 Å². The van der Waals surface area contributed by atoms with Crippen LogP contribution in [0.4, 0.5) is 4.79 Å². The van der Waals surface area contributed by atoms with E-state index in [9.17, 15) is 9.59 Å². The molecule has 5 nitrogen and oxygen atoms in total. The van der Waals surface area contributed by atoms with E-state index in [0.717, 1.165) is 0 Å². The average Bonchev–Trinajstić information content (AvgIpc) is 2.08. The van der Waals surface area contributed by atoms with Gasteiger partial charge in [0.05, 0.1) is 0 Å². The summed E-state index contributed by atoms with van der Waals surface area (Å²) >= 11 is 0. The minimum atomic E-state index is -0.184. The van der Waals surface area contributed by atoms with Crippen LogP contribution in [0, 0.1) is 0 Å². The lowest BCUT2D eigenvalue weighted by Crippen LogP contribution is -2.52. The summed E-state index contributed by atoms with van der Waals surface area (Å²) in [5.41, 5.74) is 0. The number of urea groups is 1. The van der Waals surface area contributed by atoms with Crippen LogP contribution in [0.25, 0.3) is 0 Å². The van der Waals surface area contributed by atoms with Gasteiger partial charge in [0.2, 0.25) is 5.91 Å². The SMILES string of the molecule is CNC(=O)N1CCN(C)C(=O)C1. The minimum absolute atomic E-state index is 0.00940. The Balaban J connectivity index is 2.51. The molecule has 68 valence electrons. The highest BCUT2D eigenvalue weighted by Crippen LogP contribution is 2.00. The van der Waals surface area contributed by atoms with Crippen LogP contribution in [-0.4, -0.2) is 55.5 Å². The summed E-state index contributed by atoms with van der Waals surface area (Å²) in [5, 5.41) is 2.49. The van der Waals surface area contributed by atoms with Crippen LogP contribution in [0.1, 0.15) is 0 Å². The van der Waals surface area contributed by atoms with Crippen LogP contribution < -0.4 is 5.32 Å². The van der Waals surface area contributed by atoms with Crippen LogP contribution in [0.5, 0.6) is 0 Å². The monoisotopic (exact) mass is 171 g/mol. The van der Waals surface area contributed by atoms with Gasteiger partial charge in [-0.15, -0.1) is 0 Å². The predicted octanol–water partition coefficient (Wildman–Crippen LogP) is -0.900. The van der Waals surface area contributed by atoms with E-state index in [2.05, 4.69) is 5.32 Å². The van der Waals surface area contributed by atoms with Gasteiger partial charge >= 0.3 is 6.03 Å². The summed E-state index contributed by atoms with van der Waals surface area (Å²) in [4.78, 5) is 25.3. The van der Waals surface area contributed by atoms with Crippen LogP contribution in [0.3, 0.4) is 0 Å². The Labute approximate surface area is 71.3 Å². The van der Waals surface area contributed by atoms with E-state index >= 15 is 0 Å². The zero-order chi connectivity index (χ0) is 9.14. The minimum Gasteiger partial charge on any atom is -0.342 e. The molecular weight excluding hydrogens is 158 g/mol.